The van der Waals surface area contributed by atoms with Crippen molar-refractivity contribution in [2.75, 3.05) is 6.61 Å². The van der Waals surface area contributed by atoms with Crippen LogP contribution in [-0.2, 0) is 4.79 Å². The Kier molecular flexibility index (Phi) is 46.5. The van der Waals surface area contributed by atoms with Crippen LogP contribution in [0, 0.1) is 0 Å². The van der Waals surface area contributed by atoms with Crippen LogP contribution in [0.15, 0.2) is 122 Å². The van der Waals surface area contributed by atoms with E-state index in [1.165, 1.54) is 96.3 Å². The first-order valence-electron chi connectivity index (χ1n) is 24.2. The zero-order valence-corrected chi connectivity index (χ0v) is 38.2. The van der Waals surface area contributed by atoms with Crippen LogP contribution < -0.4 is 5.32 Å². The van der Waals surface area contributed by atoms with Crippen LogP contribution in [-0.4, -0.2) is 34.9 Å². The van der Waals surface area contributed by atoms with Gasteiger partial charge in [0.2, 0.25) is 5.91 Å². The molecule has 1 amide bonds. The molecule has 2 atom stereocenters. The molecule has 59 heavy (non-hydrogen) atoms. The standard InChI is InChI=1S/C55H91NO3/c1-3-5-7-9-11-13-15-17-19-21-23-24-25-26-27-28-29-30-31-32-33-35-37-39-41-43-45-47-49-51-55(59)56-53(52-57)54(58)50-48-46-44-42-40-38-36-34-22-20-18-16-14-12-10-8-6-4-2/h5,7,11,13,17,19,23-24,26-27,29-30,32-33,37,39,43,45,48,50,53-54,57-58H,3-4,6,8-10,12,14-16,18,20-22,25,28,31,34-36,38,40-42,44,46-47,49,51-52H2,1-2H3,(H,56,59)/b7-5-,13-11-,19-17-,24-23-,27-26-,30-29-,33-32-,39-37-,45-43-,50-48+. The first-order chi connectivity index (χ1) is 29.2. The maximum atomic E-state index is 12.4. The van der Waals surface area contributed by atoms with Crippen molar-refractivity contribution >= 4 is 5.91 Å². The number of aliphatic hydroxyl groups excluding tert-OH is 2. The van der Waals surface area contributed by atoms with Gasteiger partial charge >= 0.3 is 0 Å². The zero-order valence-electron chi connectivity index (χ0n) is 38.2. The van der Waals surface area contributed by atoms with E-state index >= 15 is 0 Å². The van der Waals surface area contributed by atoms with Gasteiger partial charge in [0.1, 0.15) is 0 Å². The number of aliphatic hydroxyl groups is 2. The molecule has 0 aliphatic carbocycles. The van der Waals surface area contributed by atoms with E-state index in [4.69, 9.17) is 0 Å². The quantitative estimate of drug-likeness (QED) is 0.0425. The zero-order chi connectivity index (χ0) is 42.8. The van der Waals surface area contributed by atoms with Gasteiger partial charge in [-0.2, -0.15) is 0 Å². The van der Waals surface area contributed by atoms with Crippen LogP contribution in [0.4, 0.5) is 0 Å². The number of rotatable bonds is 42. The van der Waals surface area contributed by atoms with Crippen LogP contribution in [0.25, 0.3) is 0 Å². The molecule has 0 heterocycles. The molecule has 0 saturated heterocycles. The van der Waals surface area contributed by atoms with Crippen molar-refractivity contribution in [2.24, 2.45) is 0 Å². The van der Waals surface area contributed by atoms with E-state index in [1.54, 1.807) is 6.08 Å². The van der Waals surface area contributed by atoms with Crippen molar-refractivity contribution in [1.82, 2.24) is 5.32 Å². The first kappa shape index (κ1) is 55.8. The molecule has 0 fully saturated rings. The van der Waals surface area contributed by atoms with Gasteiger partial charge in [0.15, 0.2) is 0 Å². The molecule has 3 N–H and O–H groups in total. The van der Waals surface area contributed by atoms with Crippen LogP contribution >= 0.6 is 0 Å². The fraction of sp³-hybridized carbons (Fsp3) is 0.618. The minimum Gasteiger partial charge on any atom is -0.394 e. The molecule has 2 unspecified atom stereocenters. The molecule has 0 bridgehead atoms. The molecule has 4 heteroatoms. The Bertz CT molecular complexity index is 1200. The van der Waals surface area contributed by atoms with Crippen LogP contribution in [0.3, 0.4) is 0 Å². The minimum atomic E-state index is -0.872. The third-order valence-electron chi connectivity index (χ3n) is 10.2. The number of carbonyl (C=O) groups is 1. The van der Waals surface area contributed by atoms with E-state index in [-0.39, 0.29) is 12.5 Å². The summed E-state index contributed by atoms with van der Waals surface area (Å²) in [6.45, 7) is 4.16. The lowest BCUT2D eigenvalue weighted by Crippen LogP contribution is -2.45. The summed E-state index contributed by atoms with van der Waals surface area (Å²) in [6.07, 6.45) is 76.0. The normalized spacial score (nSPS) is 14.0. The fourth-order valence-electron chi connectivity index (χ4n) is 6.53. The highest BCUT2D eigenvalue weighted by atomic mass is 16.3. The molecular weight excluding hydrogens is 723 g/mol. The number of allylic oxidation sites excluding steroid dienone is 19. The predicted octanol–water partition coefficient (Wildman–Crippen LogP) is 15.7. The molecule has 0 aliphatic heterocycles. The second-order valence-electron chi connectivity index (χ2n) is 15.8. The Morgan fingerprint density at radius 1 is 0.424 bits per heavy atom. The summed E-state index contributed by atoms with van der Waals surface area (Å²) in [5.41, 5.74) is 0. The van der Waals surface area contributed by atoms with Gasteiger partial charge in [-0.05, 0) is 83.5 Å². The van der Waals surface area contributed by atoms with Crippen LogP contribution in [0.1, 0.15) is 200 Å². The largest absolute Gasteiger partial charge is 0.394 e. The second kappa shape index (κ2) is 49.2. The van der Waals surface area contributed by atoms with Gasteiger partial charge in [-0.3, -0.25) is 4.79 Å². The summed E-state index contributed by atoms with van der Waals surface area (Å²) in [5.74, 6) is -0.126. The second-order valence-corrected chi connectivity index (χ2v) is 15.8. The highest BCUT2D eigenvalue weighted by Gasteiger charge is 2.17. The number of unbranched alkanes of at least 4 members (excludes halogenated alkanes) is 17. The SMILES string of the molecule is CC/C=C\C/C=C\C/C=C\C/C=C\C/C=C\C/C=C\C/C=C\C/C=C\C/C=C\CCCC(=O)NC(CO)C(O)/C=C/CCCCCCCCCCCCCCCCCC. The Hall–Kier alpha value is -3.21. The van der Waals surface area contributed by atoms with E-state index in [0.29, 0.717) is 6.42 Å². The predicted molar refractivity (Wildman–Crippen MR) is 262 cm³/mol. The molecule has 0 spiro atoms. The average Bonchev–Trinajstić information content (AvgIpc) is 3.24. The summed E-state index contributed by atoms with van der Waals surface area (Å²) >= 11 is 0. The summed E-state index contributed by atoms with van der Waals surface area (Å²) in [4.78, 5) is 12.4. The molecule has 0 aromatic heterocycles. The highest BCUT2D eigenvalue weighted by molar-refractivity contribution is 5.76. The van der Waals surface area contributed by atoms with Crippen molar-refractivity contribution in [1.29, 1.82) is 0 Å². The van der Waals surface area contributed by atoms with E-state index in [9.17, 15) is 15.0 Å². The molecule has 0 rings (SSSR count). The van der Waals surface area contributed by atoms with E-state index in [0.717, 1.165) is 83.5 Å². The third-order valence-corrected chi connectivity index (χ3v) is 10.2. The van der Waals surface area contributed by atoms with E-state index < -0.39 is 12.1 Å². The number of amides is 1. The van der Waals surface area contributed by atoms with Crippen molar-refractivity contribution in [3.8, 4) is 0 Å². The Morgan fingerprint density at radius 2 is 0.746 bits per heavy atom. The van der Waals surface area contributed by atoms with Crippen molar-refractivity contribution in [2.45, 2.75) is 212 Å². The number of hydrogen-bond acceptors (Lipinski definition) is 3. The number of carbonyl (C=O) groups excluding carboxylic acids is 1. The van der Waals surface area contributed by atoms with Gasteiger partial charge in [-0.1, -0.05) is 232 Å². The molecule has 0 aromatic carbocycles. The lowest BCUT2D eigenvalue weighted by molar-refractivity contribution is -0.122. The Balaban J connectivity index is 3.76. The van der Waals surface area contributed by atoms with Gasteiger partial charge in [0.05, 0.1) is 18.8 Å². The lowest BCUT2D eigenvalue weighted by Gasteiger charge is -2.19. The summed E-state index contributed by atoms with van der Waals surface area (Å²) in [6, 6.07) is -0.662. The number of hydrogen-bond donors (Lipinski definition) is 3. The topological polar surface area (TPSA) is 69.6 Å². The number of nitrogens with one attached hydrogen (secondary N) is 1. The Labute approximate surface area is 365 Å². The van der Waals surface area contributed by atoms with Crippen molar-refractivity contribution < 1.29 is 15.0 Å². The Morgan fingerprint density at radius 3 is 1.10 bits per heavy atom. The third kappa shape index (κ3) is 45.7. The van der Waals surface area contributed by atoms with Gasteiger partial charge < -0.3 is 15.5 Å². The van der Waals surface area contributed by atoms with Crippen LogP contribution in [0.2, 0.25) is 0 Å². The van der Waals surface area contributed by atoms with Gasteiger partial charge in [0.25, 0.3) is 0 Å². The fourth-order valence-corrected chi connectivity index (χ4v) is 6.53. The monoisotopic (exact) mass is 814 g/mol. The minimum absolute atomic E-state index is 0.126. The molecule has 0 radical (unpaired) electrons. The van der Waals surface area contributed by atoms with Gasteiger partial charge in [-0.15, -0.1) is 0 Å². The smallest absolute Gasteiger partial charge is 0.220 e. The maximum Gasteiger partial charge on any atom is 0.220 e. The van der Waals surface area contributed by atoms with Gasteiger partial charge in [0, 0.05) is 6.42 Å². The van der Waals surface area contributed by atoms with Crippen molar-refractivity contribution in [3.05, 3.63) is 122 Å². The summed E-state index contributed by atoms with van der Waals surface area (Å²) in [5, 5.41) is 23.0. The van der Waals surface area contributed by atoms with E-state index in [2.05, 4.69) is 129 Å². The molecule has 0 saturated carbocycles. The maximum absolute atomic E-state index is 12.4. The van der Waals surface area contributed by atoms with Crippen LogP contribution in [0.5, 0.6) is 0 Å². The highest BCUT2D eigenvalue weighted by Crippen LogP contribution is 2.14. The lowest BCUT2D eigenvalue weighted by atomic mass is 10.0. The molecule has 4 nitrogen and oxygen atoms in total. The first-order valence-corrected chi connectivity index (χ1v) is 24.2. The molecule has 334 valence electrons. The molecule has 0 aliphatic rings. The van der Waals surface area contributed by atoms with Crippen molar-refractivity contribution in [3.63, 3.8) is 0 Å². The van der Waals surface area contributed by atoms with Gasteiger partial charge in [-0.25, -0.2) is 0 Å². The summed E-state index contributed by atoms with van der Waals surface area (Å²) in [7, 11) is 0. The average molecular weight is 814 g/mol. The molecule has 0 aromatic rings. The summed E-state index contributed by atoms with van der Waals surface area (Å²) < 4.78 is 0. The molecular formula is C55H91NO3. The van der Waals surface area contributed by atoms with E-state index in [1.807, 2.05) is 6.08 Å².